The molecule has 1 unspecified atom stereocenters. The highest BCUT2D eigenvalue weighted by Gasteiger charge is 2.42. The second kappa shape index (κ2) is 10.3. The Kier molecular flexibility index (Phi) is 7.05. The van der Waals surface area contributed by atoms with Crippen LogP contribution < -0.4 is 19.1 Å². The van der Waals surface area contributed by atoms with E-state index in [0.29, 0.717) is 17.0 Å². The second-order valence-corrected chi connectivity index (χ2v) is 7.96. The van der Waals surface area contributed by atoms with E-state index in [1.54, 1.807) is 18.2 Å². The average molecular weight is 492 g/mol. The van der Waals surface area contributed by atoms with E-state index in [1.807, 2.05) is 30.3 Å². The fourth-order valence-corrected chi connectivity index (χ4v) is 4.12. The van der Waals surface area contributed by atoms with Crippen LogP contribution in [0, 0.1) is 10.1 Å². The average Bonchev–Trinajstić information content (AvgIpc) is 3.29. The molecule has 1 heterocycles. The van der Waals surface area contributed by atoms with Gasteiger partial charge in [0, 0.05) is 18.6 Å². The van der Waals surface area contributed by atoms with Crippen molar-refractivity contribution in [3.05, 3.63) is 87.5 Å². The number of carbonyl (C=O) groups is 2. The van der Waals surface area contributed by atoms with Crippen molar-refractivity contribution in [2.24, 2.45) is 0 Å². The van der Waals surface area contributed by atoms with Gasteiger partial charge in [-0.05, 0) is 17.2 Å². The van der Waals surface area contributed by atoms with E-state index < -0.39 is 28.5 Å². The van der Waals surface area contributed by atoms with Crippen LogP contribution in [0.15, 0.2) is 60.7 Å². The Morgan fingerprint density at radius 1 is 1.00 bits per heavy atom. The lowest BCUT2D eigenvalue weighted by Gasteiger charge is -2.24. The Morgan fingerprint density at radius 3 is 2.39 bits per heavy atom. The van der Waals surface area contributed by atoms with Gasteiger partial charge in [0.15, 0.2) is 11.5 Å². The van der Waals surface area contributed by atoms with E-state index >= 15 is 0 Å². The predicted octanol–water partition coefficient (Wildman–Crippen LogP) is 3.94. The molecule has 0 fully saturated rings. The molecule has 0 aromatic heterocycles. The highest BCUT2D eigenvalue weighted by atomic mass is 16.6. The van der Waals surface area contributed by atoms with Crippen LogP contribution in [-0.4, -0.2) is 44.2 Å². The molecule has 0 radical (unpaired) electrons. The molecule has 0 saturated heterocycles. The van der Waals surface area contributed by atoms with E-state index in [0.717, 1.165) is 11.6 Å². The number of fused-ring (bicyclic) bond motifs is 1. The Bertz CT molecular complexity index is 1310. The number of benzene rings is 3. The first-order chi connectivity index (χ1) is 17.4. The van der Waals surface area contributed by atoms with Gasteiger partial charge in [-0.1, -0.05) is 36.4 Å². The number of amides is 1. The summed E-state index contributed by atoms with van der Waals surface area (Å²) in [5.74, 6) is -0.682. The normalized spacial score (nSPS) is 14.1. The molecule has 4 rings (SSSR count). The van der Waals surface area contributed by atoms with Crippen LogP contribution >= 0.6 is 0 Å². The van der Waals surface area contributed by atoms with E-state index in [9.17, 15) is 19.7 Å². The standard InChI is InChI=1S/C26H24N2O8/c1-33-18-10-9-17-11-22(26(30)35-3)27(20(17)12-18)25(29)19-13-23(34-2)24(14-21(19)28(31)32)36-15-16-7-5-4-6-8-16/h4-10,12-14,22H,11,15H2,1-3H3. The molecular formula is C26H24N2O8. The second-order valence-electron chi connectivity index (χ2n) is 7.96. The number of nitrogens with zero attached hydrogens (tertiary/aromatic N) is 2. The van der Waals surface area contributed by atoms with Crippen LogP contribution in [0.1, 0.15) is 21.5 Å². The Labute approximate surface area is 207 Å². The number of methoxy groups -OCH3 is 3. The minimum absolute atomic E-state index is 0.109. The van der Waals surface area contributed by atoms with Gasteiger partial charge in [0.2, 0.25) is 0 Å². The predicted molar refractivity (Wildman–Crippen MR) is 130 cm³/mol. The summed E-state index contributed by atoms with van der Waals surface area (Å²) in [6.07, 6.45) is 0.195. The molecule has 0 aliphatic carbocycles. The molecule has 186 valence electrons. The largest absolute Gasteiger partial charge is 0.497 e. The number of hydrogen-bond acceptors (Lipinski definition) is 8. The Morgan fingerprint density at radius 2 is 1.75 bits per heavy atom. The lowest BCUT2D eigenvalue weighted by molar-refractivity contribution is -0.385. The number of nitro benzene ring substituents is 1. The van der Waals surface area contributed by atoms with Crippen LogP contribution in [0.2, 0.25) is 0 Å². The first-order valence-electron chi connectivity index (χ1n) is 11.0. The van der Waals surface area contributed by atoms with Crippen molar-refractivity contribution < 1.29 is 33.5 Å². The van der Waals surface area contributed by atoms with Crippen molar-refractivity contribution in [1.29, 1.82) is 0 Å². The summed E-state index contributed by atoms with van der Waals surface area (Å²) in [6, 6.07) is 15.7. The number of hydrogen-bond donors (Lipinski definition) is 0. The minimum atomic E-state index is -0.996. The van der Waals surface area contributed by atoms with Gasteiger partial charge in [-0.25, -0.2) is 4.79 Å². The van der Waals surface area contributed by atoms with Gasteiger partial charge < -0.3 is 18.9 Å². The van der Waals surface area contributed by atoms with Crippen molar-refractivity contribution in [2.45, 2.75) is 19.1 Å². The number of esters is 1. The Balaban J connectivity index is 1.77. The smallest absolute Gasteiger partial charge is 0.329 e. The molecule has 0 N–H and O–H groups in total. The third kappa shape index (κ3) is 4.65. The number of anilines is 1. The van der Waals surface area contributed by atoms with Gasteiger partial charge in [0.05, 0.1) is 38.0 Å². The quantitative estimate of drug-likeness (QED) is 0.264. The van der Waals surface area contributed by atoms with E-state index in [-0.39, 0.29) is 30.1 Å². The van der Waals surface area contributed by atoms with Gasteiger partial charge in [0.25, 0.3) is 11.6 Å². The maximum absolute atomic E-state index is 13.8. The molecule has 1 atom stereocenters. The van der Waals surface area contributed by atoms with Gasteiger partial charge in [0.1, 0.15) is 24.0 Å². The maximum Gasteiger partial charge on any atom is 0.329 e. The molecule has 36 heavy (non-hydrogen) atoms. The highest BCUT2D eigenvalue weighted by molar-refractivity contribution is 6.13. The van der Waals surface area contributed by atoms with Crippen molar-refractivity contribution in [1.82, 2.24) is 0 Å². The fourth-order valence-electron chi connectivity index (χ4n) is 4.12. The monoisotopic (exact) mass is 492 g/mol. The van der Waals surface area contributed by atoms with E-state index in [1.165, 1.54) is 32.3 Å². The molecule has 1 amide bonds. The van der Waals surface area contributed by atoms with Gasteiger partial charge in [-0.15, -0.1) is 0 Å². The summed E-state index contributed by atoms with van der Waals surface area (Å²) in [5.41, 5.74) is 1.23. The van der Waals surface area contributed by atoms with E-state index in [2.05, 4.69) is 0 Å². The third-order valence-electron chi connectivity index (χ3n) is 5.92. The zero-order valence-corrected chi connectivity index (χ0v) is 19.9. The third-order valence-corrected chi connectivity index (χ3v) is 5.92. The van der Waals surface area contributed by atoms with Crippen LogP contribution in [0.4, 0.5) is 11.4 Å². The summed E-state index contributed by atoms with van der Waals surface area (Å²) in [5, 5.41) is 12.0. The first kappa shape index (κ1) is 24.5. The molecule has 10 nitrogen and oxygen atoms in total. The van der Waals surface area contributed by atoms with Crippen LogP contribution in [0.25, 0.3) is 0 Å². The van der Waals surface area contributed by atoms with Gasteiger partial charge in [-0.3, -0.25) is 19.8 Å². The number of ether oxygens (including phenoxy) is 4. The molecule has 1 aliphatic rings. The van der Waals surface area contributed by atoms with Gasteiger partial charge in [-0.2, -0.15) is 0 Å². The molecule has 0 spiro atoms. The van der Waals surface area contributed by atoms with Crippen molar-refractivity contribution in [3.63, 3.8) is 0 Å². The van der Waals surface area contributed by atoms with Crippen molar-refractivity contribution in [3.8, 4) is 17.2 Å². The lowest BCUT2D eigenvalue weighted by Crippen LogP contribution is -2.43. The summed E-state index contributed by atoms with van der Waals surface area (Å²) in [7, 11) is 4.07. The SMILES string of the molecule is COC(=O)C1Cc2ccc(OC)cc2N1C(=O)c1cc(OC)c(OCc2ccccc2)cc1[N+](=O)[O-]. The molecule has 1 aliphatic heterocycles. The molecule has 3 aromatic carbocycles. The number of carbonyl (C=O) groups excluding carboxylic acids is 2. The lowest BCUT2D eigenvalue weighted by atomic mass is 10.1. The van der Waals surface area contributed by atoms with Crippen LogP contribution in [0.3, 0.4) is 0 Å². The number of nitro groups is 1. The summed E-state index contributed by atoms with van der Waals surface area (Å²) < 4.78 is 21.4. The zero-order valence-electron chi connectivity index (χ0n) is 19.9. The van der Waals surface area contributed by atoms with Crippen LogP contribution in [-0.2, 0) is 22.6 Å². The zero-order chi connectivity index (χ0) is 25.8. The fraction of sp³-hybridized carbons (Fsp3) is 0.231. The van der Waals surface area contributed by atoms with Crippen LogP contribution in [0.5, 0.6) is 17.2 Å². The minimum Gasteiger partial charge on any atom is -0.497 e. The summed E-state index contributed by atoms with van der Waals surface area (Å²) >= 11 is 0. The Hall–Kier alpha value is -4.60. The molecule has 10 heteroatoms. The molecule has 0 bridgehead atoms. The molecule has 3 aromatic rings. The highest BCUT2D eigenvalue weighted by Crippen LogP contribution is 2.40. The van der Waals surface area contributed by atoms with Crippen molar-refractivity contribution >= 4 is 23.3 Å². The van der Waals surface area contributed by atoms with Gasteiger partial charge >= 0.3 is 5.97 Å². The first-order valence-corrected chi connectivity index (χ1v) is 11.0. The summed E-state index contributed by atoms with van der Waals surface area (Å²) in [4.78, 5) is 38.9. The summed E-state index contributed by atoms with van der Waals surface area (Å²) in [6.45, 7) is 0.144. The topological polar surface area (TPSA) is 117 Å². The molecule has 0 saturated carbocycles. The van der Waals surface area contributed by atoms with E-state index in [4.69, 9.17) is 18.9 Å². The maximum atomic E-state index is 13.8. The molecular weight excluding hydrogens is 468 g/mol. The van der Waals surface area contributed by atoms with Crippen molar-refractivity contribution in [2.75, 3.05) is 26.2 Å². The number of rotatable bonds is 8.